The van der Waals surface area contributed by atoms with Gasteiger partial charge < -0.3 is 10.1 Å². The highest BCUT2D eigenvalue weighted by Crippen LogP contribution is 2.20. The average molecular weight is 312 g/mol. The molecule has 1 fully saturated rings. The molecule has 3 heteroatoms. The molecule has 1 aromatic rings. The third-order valence-corrected chi connectivity index (χ3v) is 4.29. The normalized spacial score (nSPS) is 24.1. The van der Waals surface area contributed by atoms with E-state index < -0.39 is 0 Å². The molecule has 2 rings (SSSR count). The van der Waals surface area contributed by atoms with Gasteiger partial charge in [0.15, 0.2) is 0 Å². The first-order valence-electron chi connectivity index (χ1n) is 6.88. The summed E-state index contributed by atoms with van der Waals surface area (Å²) in [7, 11) is 0. The van der Waals surface area contributed by atoms with Gasteiger partial charge in [0.2, 0.25) is 0 Å². The zero-order valence-corrected chi connectivity index (χ0v) is 12.6. The second-order valence-corrected chi connectivity index (χ2v) is 5.83. The molecule has 1 heterocycles. The van der Waals surface area contributed by atoms with E-state index in [1.54, 1.807) is 0 Å². The summed E-state index contributed by atoms with van der Waals surface area (Å²) in [6, 6.07) is 9.01. The van der Waals surface area contributed by atoms with Crippen LogP contribution in [-0.4, -0.2) is 18.8 Å². The molecule has 18 heavy (non-hydrogen) atoms. The van der Waals surface area contributed by atoms with Crippen LogP contribution in [0.2, 0.25) is 0 Å². The van der Waals surface area contributed by atoms with Crippen molar-refractivity contribution in [3.8, 4) is 0 Å². The third kappa shape index (κ3) is 4.08. The van der Waals surface area contributed by atoms with Crippen LogP contribution in [0, 0.1) is 0 Å². The smallest absolute Gasteiger partial charge is 0.0589 e. The topological polar surface area (TPSA) is 21.3 Å². The number of hydrogen-bond donors (Lipinski definition) is 1. The van der Waals surface area contributed by atoms with Gasteiger partial charge in [0.25, 0.3) is 0 Å². The van der Waals surface area contributed by atoms with Crippen molar-refractivity contribution in [2.75, 3.05) is 6.61 Å². The quantitative estimate of drug-likeness (QED) is 0.891. The van der Waals surface area contributed by atoms with Crippen molar-refractivity contribution in [1.82, 2.24) is 5.32 Å². The van der Waals surface area contributed by atoms with Crippen LogP contribution < -0.4 is 5.32 Å². The van der Waals surface area contributed by atoms with Gasteiger partial charge in [0.1, 0.15) is 0 Å². The van der Waals surface area contributed by atoms with Crippen LogP contribution >= 0.6 is 15.9 Å². The van der Waals surface area contributed by atoms with Crippen molar-refractivity contribution in [3.05, 3.63) is 34.3 Å². The molecule has 1 saturated heterocycles. The first kappa shape index (κ1) is 14.0. The maximum Gasteiger partial charge on any atom is 0.0589 e. The number of ether oxygens (including phenoxy) is 1. The van der Waals surface area contributed by atoms with Crippen LogP contribution in [0.3, 0.4) is 0 Å². The lowest BCUT2D eigenvalue weighted by molar-refractivity contribution is -0.00343. The molecule has 1 aliphatic heterocycles. The summed E-state index contributed by atoms with van der Waals surface area (Å²) in [6.45, 7) is 4.06. The van der Waals surface area contributed by atoms with E-state index in [-0.39, 0.29) is 0 Å². The van der Waals surface area contributed by atoms with Crippen molar-refractivity contribution in [1.29, 1.82) is 0 Å². The Morgan fingerprint density at radius 3 is 3.00 bits per heavy atom. The van der Waals surface area contributed by atoms with Gasteiger partial charge in [0, 0.05) is 23.7 Å². The SMILES string of the molecule is CCCC1CC(NCc2ccccc2Br)CCO1. The van der Waals surface area contributed by atoms with Gasteiger partial charge in [-0.3, -0.25) is 0 Å². The van der Waals surface area contributed by atoms with Crippen molar-refractivity contribution < 1.29 is 4.74 Å². The lowest BCUT2D eigenvalue weighted by atomic mass is 10.00. The first-order valence-corrected chi connectivity index (χ1v) is 7.67. The van der Waals surface area contributed by atoms with Crippen LogP contribution in [0.25, 0.3) is 0 Å². The summed E-state index contributed by atoms with van der Waals surface area (Å²) in [5.41, 5.74) is 1.33. The van der Waals surface area contributed by atoms with Gasteiger partial charge in [-0.1, -0.05) is 47.5 Å². The Labute approximate surface area is 118 Å². The van der Waals surface area contributed by atoms with E-state index in [4.69, 9.17) is 4.74 Å². The van der Waals surface area contributed by atoms with Crippen LogP contribution in [0.5, 0.6) is 0 Å². The first-order chi connectivity index (χ1) is 8.79. The highest BCUT2D eigenvalue weighted by atomic mass is 79.9. The molecular weight excluding hydrogens is 290 g/mol. The van der Waals surface area contributed by atoms with Gasteiger partial charge in [-0.2, -0.15) is 0 Å². The number of hydrogen-bond acceptors (Lipinski definition) is 2. The molecule has 0 radical (unpaired) electrons. The molecule has 0 spiro atoms. The maximum absolute atomic E-state index is 5.78. The molecule has 2 atom stereocenters. The van der Waals surface area contributed by atoms with Gasteiger partial charge in [0.05, 0.1) is 6.10 Å². The molecule has 0 aromatic heterocycles. The van der Waals surface area contributed by atoms with E-state index >= 15 is 0 Å². The van der Waals surface area contributed by atoms with E-state index in [0.29, 0.717) is 12.1 Å². The van der Waals surface area contributed by atoms with E-state index in [1.807, 2.05) is 0 Å². The highest BCUT2D eigenvalue weighted by molar-refractivity contribution is 9.10. The Morgan fingerprint density at radius 2 is 2.22 bits per heavy atom. The van der Waals surface area contributed by atoms with Crippen molar-refractivity contribution in [3.63, 3.8) is 0 Å². The minimum absolute atomic E-state index is 0.459. The van der Waals surface area contributed by atoms with Crippen molar-refractivity contribution in [2.45, 2.75) is 51.3 Å². The molecule has 1 aromatic carbocycles. The summed E-state index contributed by atoms with van der Waals surface area (Å²) >= 11 is 3.59. The van der Waals surface area contributed by atoms with Crippen LogP contribution in [0.4, 0.5) is 0 Å². The molecule has 0 bridgehead atoms. The number of benzene rings is 1. The second-order valence-electron chi connectivity index (χ2n) is 4.98. The van der Waals surface area contributed by atoms with E-state index in [1.165, 1.54) is 22.9 Å². The Morgan fingerprint density at radius 1 is 1.39 bits per heavy atom. The van der Waals surface area contributed by atoms with Crippen LogP contribution in [0.15, 0.2) is 28.7 Å². The van der Waals surface area contributed by atoms with E-state index in [9.17, 15) is 0 Å². The van der Waals surface area contributed by atoms with Gasteiger partial charge in [-0.25, -0.2) is 0 Å². The summed E-state index contributed by atoms with van der Waals surface area (Å²) in [4.78, 5) is 0. The monoisotopic (exact) mass is 311 g/mol. The summed E-state index contributed by atoms with van der Waals surface area (Å²) in [5, 5.41) is 3.66. The Hall–Kier alpha value is -0.380. The molecule has 2 nitrogen and oxygen atoms in total. The number of rotatable bonds is 5. The van der Waals surface area contributed by atoms with E-state index in [2.05, 4.69) is 52.4 Å². The molecule has 2 unspecified atom stereocenters. The predicted molar refractivity (Wildman–Crippen MR) is 78.7 cm³/mol. The van der Waals surface area contributed by atoms with Gasteiger partial charge in [-0.05, 0) is 30.9 Å². The molecule has 100 valence electrons. The molecule has 1 N–H and O–H groups in total. The van der Waals surface area contributed by atoms with Gasteiger partial charge in [-0.15, -0.1) is 0 Å². The Kier molecular flexibility index (Phi) is 5.67. The highest BCUT2D eigenvalue weighted by Gasteiger charge is 2.21. The largest absolute Gasteiger partial charge is 0.378 e. The average Bonchev–Trinajstić information content (AvgIpc) is 2.39. The third-order valence-electron chi connectivity index (χ3n) is 3.52. The van der Waals surface area contributed by atoms with Crippen LogP contribution in [-0.2, 0) is 11.3 Å². The van der Waals surface area contributed by atoms with E-state index in [0.717, 1.165) is 26.0 Å². The Bertz CT molecular complexity index is 367. The second kappa shape index (κ2) is 7.27. The fraction of sp³-hybridized carbons (Fsp3) is 0.600. The molecular formula is C15H22BrNO. The number of nitrogens with one attached hydrogen (secondary N) is 1. The zero-order chi connectivity index (χ0) is 12.8. The van der Waals surface area contributed by atoms with Gasteiger partial charge >= 0.3 is 0 Å². The van der Waals surface area contributed by atoms with Crippen molar-refractivity contribution >= 4 is 15.9 Å². The predicted octanol–water partition coefficient (Wildman–Crippen LogP) is 3.89. The maximum atomic E-state index is 5.78. The molecule has 0 amide bonds. The lowest BCUT2D eigenvalue weighted by Gasteiger charge is -2.30. The van der Waals surface area contributed by atoms with Crippen molar-refractivity contribution in [2.24, 2.45) is 0 Å². The summed E-state index contributed by atoms with van der Waals surface area (Å²) in [5.74, 6) is 0. The molecule has 0 saturated carbocycles. The summed E-state index contributed by atoms with van der Waals surface area (Å²) < 4.78 is 6.96. The molecule has 1 aliphatic rings. The number of halogens is 1. The lowest BCUT2D eigenvalue weighted by Crippen LogP contribution is -2.38. The fourth-order valence-electron chi connectivity index (χ4n) is 2.48. The minimum Gasteiger partial charge on any atom is -0.378 e. The summed E-state index contributed by atoms with van der Waals surface area (Å²) in [6.07, 6.45) is 5.14. The fourth-order valence-corrected chi connectivity index (χ4v) is 2.91. The standard InChI is InChI=1S/C15H22BrNO/c1-2-5-14-10-13(8-9-18-14)17-11-12-6-3-4-7-15(12)16/h3-4,6-7,13-14,17H,2,5,8-11H2,1H3. The van der Waals surface area contributed by atoms with Crippen LogP contribution in [0.1, 0.15) is 38.2 Å². The Balaban J connectivity index is 1.81. The molecule has 0 aliphatic carbocycles. The minimum atomic E-state index is 0.459. The zero-order valence-electron chi connectivity index (χ0n) is 11.0.